The molecule has 0 saturated heterocycles. The lowest BCUT2D eigenvalue weighted by molar-refractivity contribution is -0.150. The lowest BCUT2D eigenvalue weighted by Gasteiger charge is -2.20. The van der Waals surface area contributed by atoms with Gasteiger partial charge in [0.1, 0.15) is 6.04 Å². The van der Waals surface area contributed by atoms with Gasteiger partial charge in [-0.3, -0.25) is 9.59 Å². The van der Waals surface area contributed by atoms with Crippen molar-refractivity contribution in [2.24, 2.45) is 5.92 Å². The van der Waals surface area contributed by atoms with Crippen molar-refractivity contribution in [2.75, 3.05) is 11.9 Å². The van der Waals surface area contributed by atoms with Crippen LogP contribution in [-0.2, 0) is 24.3 Å². The molecule has 1 atom stereocenters. The van der Waals surface area contributed by atoms with E-state index < -0.39 is 40.5 Å². The predicted octanol–water partition coefficient (Wildman–Crippen LogP) is 3.18. The first-order valence-corrected chi connectivity index (χ1v) is 11.1. The van der Waals surface area contributed by atoms with Crippen molar-refractivity contribution in [1.29, 1.82) is 0 Å². The minimum absolute atomic E-state index is 0.0139. The van der Waals surface area contributed by atoms with Gasteiger partial charge in [-0.2, -0.15) is 4.72 Å². The van der Waals surface area contributed by atoms with E-state index >= 15 is 0 Å². The van der Waals surface area contributed by atoms with Crippen molar-refractivity contribution in [3.8, 4) is 0 Å². The Morgan fingerprint density at radius 3 is 2.40 bits per heavy atom. The van der Waals surface area contributed by atoms with Crippen molar-refractivity contribution >= 4 is 50.9 Å². The summed E-state index contributed by atoms with van der Waals surface area (Å²) in [6.07, 6.45) is 1.33. The average Bonchev–Trinajstić information content (AvgIpc) is 2.71. The Balaban J connectivity index is 2.02. The molecule has 162 valence electrons. The van der Waals surface area contributed by atoms with Crippen LogP contribution in [0.3, 0.4) is 0 Å². The molecule has 0 spiro atoms. The maximum atomic E-state index is 12.5. The molecule has 0 aliphatic heterocycles. The first-order chi connectivity index (χ1) is 14.0. The number of nitrogens with zero attached hydrogens (tertiary/aromatic N) is 1. The number of carbonyl (C=O) groups is 2. The summed E-state index contributed by atoms with van der Waals surface area (Å²) in [5.41, 5.74) is 0.538. The molecule has 0 fully saturated rings. The summed E-state index contributed by atoms with van der Waals surface area (Å²) in [6.45, 7) is 4.32. The molecule has 0 aliphatic carbocycles. The Bertz CT molecular complexity index is 1030. The summed E-state index contributed by atoms with van der Waals surface area (Å²) in [6, 6.07) is 6.45. The van der Waals surface area contributed by atoms with E-state index in [2.05, 4.69) is 15.0 Å². The van der Waals surface area contributed by atoms with Crippen LogP contribution >= 0.6 is 23.2 Å². The van der Waals surface area contributed by atoms with E-state index in [-0.39, 0.29) is 15.7 Å². The quantitative estimate of drug-likeness (QED) is 0.568. The van der Waals surface area contributed by atoms with E-state index in [1.807, 2.05) is 0 Å². The molecule has 1 aromatic carbocycles. The third-order valence-electron chi connectivity index (χ3n) is 4.06. The number of sulfonamides is 1. The summed E-state index contributed by atoms with van der Waals surface area (Å²) in [5, 5.41) is 2.93. The molecule has 11 heteroatoms. The van der Waals surface area contributed by atoms with Gasteiger partial charge < -0.3 is 10.1 Å². The highest BCUT2D eigenvalue weighted by Crippen LogP contribution is 2.28. The number of benzene rings is 1. The summed E-state index contributed by atoms with van der Waals surface area (Å²) in [4.78, 5) is 28.5. The molecule has 1 aromatic heterocycles. The van der Waals surface area contributed by atoms with Crippen LogP contribution in [0.1, 0.15) is 19.4 Å². The van der Waals surface area contributed by atoms with Crippen molar-refractivity contribution in [2.45, 2.75) is 31.7 Å². The van der Waals surface area contributed by atoms with Gasteiger partial charge in [-0.25, -0.2) is 13.4 Å². The average molecular weight is 474 g/mol. The van der Waals surface area contributed by atoms with Crippen molar-refractivity contribution in [3.05, 3.63) is 52.1 Å². The van der Waals surface area contributed by atoms with Crippen LogP contribution in [0.5, 0.6) is 0 Å². The second-order valence-corrected chi connectivity index (χ2v) is 9.20. The second-order valence-electron chi connectivity index (χ2n) is 6.71. The van der Waals surface area contributed by atoms with Gasteiger partial charge >= 0.3 is 5.97 Å². The molecule has 30 heavy (non-hydrogen) atoms. The monoisotopic (exact) mass is 473 g/mol. The van der Waals surface area contributed by atoms with E-state index in [0.717, 1.165) is 0 Å². The fourth-order valence-corrected chi connectivity index (χ4v) is 4.07. The zero-order valence-corrected chi connectivity index (χ0v) is 18.8. The molecule has 2 aromatic rings. The van der Waals surface area contributed by atoms with E-state index in [1.54, 1.807) is 39.0 Å². The van der Waals surface area contributed by atoms with Gasteiger partial charge in [0.25, 0.3) is 5.91 Å². The highest BCUT2D eigenvalue weighted by Gasteiger charge is 2.30. The van der Waals surface area contributed by atoms with Crippen LogP contribution in [0, 0.1) is 12.8 Å². The van der Waals surface area contributed by atoms with Gasteiger partial charge in [0, 0.05) is 6.20 Å². The van der Waals surface area contributed by atoms with Crippen LogP contribution in [-0.4, -0.2) is 37.9 Å². The number of pyridine rings is 1. The molecule has 0 radical (unpaired) electrons. The molecular weight excluding hydrogens is 453 g/mol. The van der Waals surface area contributed by atoms with Gasteiger partial charge in [0.05, 0.1) is 14.9 Å². The Morgan fingerprint density at radius 1 is 1.17 bits per heavy atom. The van der Waals surface area contributed by atoms with Crippen LogP contribution in [0.25, 0.3) is 0 Å². The molecule has 0 unspecified atom stereocenters. The minimum atomic E-state index is -3.94. The highest BCUT2D eigenvalue weighted by atomic mass is 35.5. The van der Waals surface area contributed by atoms with Gasteiger partial charge in [-0.15, -0.1) is 0 Å². The lowest BCUT2D eigenvalue weighted by Crippen LogP contribution is -2.45. The van der Waals surface area contributed by atoms with Crippen LogP contribution in [0.2, 0.25) is 10.0 Å². The number of amides is 1. The Hall–Kier alpha value is -2.20. The molecule has 2 rings (SSSR count). The van der Waals surface area contributed by atoms with Gasteiger partial charge in [0.2, 0.25) is 10.0 Å². The Labute approximate surface area is 185 Å². The smallest absolute Gasteiger partial charge is 0.324 e. The van der Waals surface area contributed by atoms with Crippen LogP contribution in [0.4, 0.5) is 5.82 Å². The zero-order valence-electron chi connectivity index (χ0n) is 16.5. The third-order valence-corrected chi connectivity index (χ3v) is 6.36. The van der Waals surface area contributed by atoms with Crippen LogP contribution in [0.15, 0.2) is 41.4 Å². The number of halogens is 2. The number of ether oxygens (including phenoxy) is 1. The van der Waals surface area contributed by atoms with Gasteiger partial charge in [0.15, 0.2) is 12.4 Å². The second kappa shape index (κ2) is 10.2. The van der Waals surface area contributed by atoms with E-state index in [4.69, 9.17) is 27.9 Å². The predicted molar refractivity (Wildman–Crippen MR) is 114 cm³/mol. The third kappa shape index (κ3) is 6.15. The summed E-state index contributed by atoms with van der Waals surface area (Å²) < 4.78 is 32.3. The number of anilines is 1. The highest BCUT2D eigenvalue weighted by molar-refractivity contribution is 7.89. The number of rotatable bonds is 8. The molecular formula is C19H21Cl2N3O5S. The molecule has 1 amide bonds. The molecule has 8 nitrogen and oxygen atoms in total. The maximum absolute atomic E-state index is 12.5. The molecule has 2 N–H and O–H groups in total. The standard InChI is InChI=1S/C19H21Cl2N3O5S/c1-11(2)17(24-30(27,28)13-7-5-4-6-8-13)19(26)29-10-15(25)23-18-16(21)12(3)14(20)9-22-18/h4-9,11,17,24H,10H2,1-3H3,(H,22,23,25)/t17-/m0/s1. The lowest BCUT2D eigenvalue weighted by atomic mass is 10.1. The SMILES string of the molecule is Cc1c(Cl)cnc(NC(=O)COC(=O)[C@@H](NS(=O)(=O)c2ccccc2)C(C)C)c1Cl. The molecule has 0 aliphatic rings. The fourth-order valence-electron chi connectivity index (χ4n) is 2.33. The van der Waals surface area contributed by atoms with Crippen LogP contribution < -0.4 is 10.0 Å². The molecule has 1 heterocycles. The summed E-state index contributed by atoms with van der Waals surface area (Å²) in [5.74, 6) is -1.92. The number of nitrogens with one attached hydrogen (secondary N) is 2. The number of aromatic nitrogens is 1. The fraction of sp³-hybridized carbons (Fsp3) is 0.316. The minimum Gasteiger partial charge on any atom is -0.454 e. The number of carbonyl (C=O) groups excluding carboxylic acids is 2. The maximum Gasteiger partial charge on any atom is 0.324 e. The van der Waals surface area contributed by atoms with Crippen molar-refractivity contribution in [3.63, 3.8) is 0 Å². The van der Waals surface area contributed by atoms with Crippen molar-refractivity contribution in [1.82, 2.24) is 9.71 Å². The topological polar surface area (TPSA) is 114 Å². The summed E-state index contributed by atoms with van der Waals surface area (Å²) in [7, 11) is -3.94. The Kier molecular flexibility index (Phi) is 8.19. The van der Waals surface area contributed by atoms with E-state index in [0.29, 0.717) is 10.6 Å². The number of esters is 1. The first-order valence-electron chi connectivity index (χ1n) is 8.87. The molecule has 0 saturated carbocycles. The van der Waals surface area contributed by atoms with Gasteiger partial charge in [-0.1, -0.05) is 55.2 Å². The zero-order chi connectivity index (χ0) is 22.5. The Morgan fingerprint density at radius 2 is 1.80 bits per heavy atom. The summed E-state index contributed by atoms with van der Waals surface area (Å²) >= 11 is 12.0. The van der Waals surface area contributed by atoms with Gasteiger partial charge in [-0.05, 0) is 30.5 Å². The molecule has 0 bridgehead atoms. The van der Waals surface area contributed by atoms with Crippen molar-refractivity contribution < 1.29 is 22.7 Å². The first kappa shape index (κ1) is 24.1. The normalized spacial score (nSPS) is 12.5. The number of hydrogen-bond acceptors (Lipinski definition) is 6. The van der Waals surface area contributed by atoms with E-state index in [9.17, 15) is 18.0 Å². The number of hydrogen-bond donors (Lipinski definition) is 2. The van der Waals surface area contributed by atoms with E-state index in [1.165, 1.54) is 18.3 Å². The largest absolute Gasteiger partial charge is 0.454 e.